The Kier molecular flexibility index (Phi) is 2.65. The number of nitrogens with zero attached hydrogens (tertiary/aromatic N) is 1. The summed E-state index contributed by atoms with van der Waals surface area (Å²) in [6.45, 7) is 4.21. The van der Waals surface area contributed by atoms with Crippen LogP contribution < -0.4 is 0 Å². The van der Waals surface area contributed by atoms with Gasteiger partial charge in [-0.05, 0) is 47.6 Å². The van der Waals surface area contributed by atoms with Crippen LogP contribution in [0.15, 0.2) is 12.1 Å². The number of pyridine rings is 1. The molecule has 0 unspecified atom stereocenters. The van der Waals surface area contributed by atoms with Crippen molar-refractivity contribution in [1.82, 2.24) is 4.98 Å². The van der Waals surface area contributed by atoms with Crippen LogP contribution in [-0.2, 0) is 6.42 Å². The van der Waals surface area contributed by atoms with Crippen LogP contribution in [0.3, 0.4) is 0 Å². The quantitative estimate of drug-likeness (QED) is 0.549. The molecule has 1 heterocycles. The van der Waals surface area contributed by atoms with E-state index in [-0.39, 0.29) is 0 Å². The van der Waals surface area contributed by atoms with Gasteiger partial charge >= 0.3 is 0 Å². The average molecular weight is 247 g/mol. The predicted octanol–water partition coefficient (Wildman–Crippen LogP) is 2.56. The predicted molar refractivity (Wildman–Crippen MR) is 51.1 cm³/mol. The number of halogens is 1. The highest BCUT2D eigenvalue weighted by Crippen LogP contribution is 2.08. The van der Waals surface area contributed by atoms with Crippen molar-refractivity contribution >= 4 is 22.6 Å². The van der Waals surface area contributed by atoms with E-state index in [4.69, 9.17) is 0 Å². The van der Waals surface area contributed by atoms with Crippen molar-refractivity contribution in [3.8, 4) is 0 Å². The molecule has 10 heavy (non-hydrogen) atoms. The summed E-state index contributed by atoms with van der Waals surface area (Å²) in [6, 6.07) is 4.19. The van der Waals surface area contributed by atoms with Crippen molar-refractivity contribution in [2.75, 3.05) is 0 Å². The van der Waals surface area contributed by atoms with E-state index in [9.17, 15) is 0 Å². The molecule has 0 aliphatic carbocycles. The Morgan fingerprint density at radius 3 is 2.70 bits per heavy atom. The third-order valence-corrected chi connectivity index (χ3v) is 2.14. The second-order valence-corrected chi connectivity index (χ2v) is 3.34. The van der Waals surface area contributed by atoms with Crippen molar-refractivity contribution in [1.29, 1.82) is 0 Å². The number of aryl methyl sites for hydroxylation is 2. The maximum Gasteiger partial charge on any atom is 0.101 e. The molecule has 0 saturated heterocycles. The summed E-state index contributed by atoms with van der Waals surface area (Å²) in [5, 5.41) is 0. The molecule has 0 radical (unpaired) electrons. The van der Waals surface area contributed by atoms with Crippen LogP contribution in [0.25, 0.3) is 0 Å². The fourth-order valence-electron chi connectivity index (χ4n) is 0.933. The molecule has 54 valence electrons. The molecule has 0 saturated carbocycles. The fourth-order valence-corrected chi connectivity index (χ4v) is 1.47. The Bertz CT molecular complexity index is 233. The van der Waals surface area contributed by atoms with E-state index >= 15 is 0 Å². The van der Waals surface area contributed by atoms with Gasteiger partial charge in [0, 0.05) is 5.69 Å². The lowest BCUT2D eigenvalue weighted by Crippen LogP contribution is -1.91. The van der Waals surface area contributed by atoms with Crippen LogP contribution in [0, 0.1) is 10.6 Å². The average Bonchev–Trinajstić information content (AvgIpc) is 1.88. The lowest BCUT2D eigenvalue weighted by atomic mass is 10.2. The molecule has 0 bridgehead atoms. The molecule has 2 heteroatoms. The number of aromatic nitrogens is 1. The molecule has 1 aromatic heterocycles. The van der Waals surface area contributed by atoms with E-state index in [1.165, 1.54) is 5.56 Å². The Hall–Kier alpha value is -0.120. The minimum absolute atomic E-state index is 1.08. The Balaban J connectivity index is 3.07. The van der Waals surface area contributed by atoms with Crippen molar-refractivity contribution < 1.29 is 0 Å². The highest BCUT2D eigenvalue weighted by atomic mass is 127. The minimum Gasteiger partial charge on any atom is -0.247 e. The van der Waals surface area contributed by atoms with Crippen LogP contribution in [0.2, 0.25) is 0 Å². The first-order valence-corrected chi connectivity index (χ1v) is 4.44. The van der Waals surface area contributed by atoms with Crippen molar-refractivity contribution in [2.45, 2.75) is 20.3 Å². The Morgan fingerprint density at radius 1 is 1.50 bits per heavy atom. The van der Waals surface area contributed by atoms with Gasteiger partial charge in [-0.3, -0.25) is 0 Å². The van der Waals surface area contributed by atoms with E-state index in [0.29, 0.717) is 0 Å². The van der Waals surface area contributed by atoms with Gasteiger partial charge in [0.2, 0.25) is 0 Å². The van der Waals surface area contributed by atoms with E-state index in [2.05, 4.69) is 47.5 Å². The number of hydrogen-bond acceptors (Lipinski definition) is 1. The normalized spacial score (nSPS) is 9.90. The van der Waals surface area contributed by atoms with Crippen LogP contribution >= 0.6 is 22.6 Å². The van der Waals surface area contributed by atoms with Gasteiger partial charge in [0.15, 0.2) is 0 Å². The summed E-state index contributed by atoms with van der Waals surface area (Å²) in [4.78, 5) is 4.33. The Morgan fingerprint density at radius 2 is 2.20 bits per heavy atom. The zero-order chi connectivity index (χ0) is 7.56. The molecule has 0 spiro atoms. The summed E-state index contributed by atoms with van der Waals surface area (Å²) in [6.07, 6.45) is 1.08. The van der Waals surface area contributed by atoms with Crippen LogP contribution in [0.1, 0.15) is 18.2 Å². The maximum absolute atomic E-state index is 4.33. The summed E-state index contributed by atoms with van der Waals surface area (Å²) < 4.78 is 1.08. The molecular weight excluding hydrogens is 237 g/mol. The highest BCUT2D eigenvalue weighted by Gasteiger charge is 1.95. The van der Waals surface area contributed by atoms with E-state index in [1.807, 2.05) is 6.07 Å². The zero-order valence-electron chi connectivity index (χ0n) is 6.19. The lowest BCUT2D eigenvalue weighted by Gasteiger charge is -2.00. The molecule has 1 nitrogen and oxygen atoms in total. The lowest BCUT2D eigenvalue weighted by molar-refractivity contribution is 1.03. The van der Waals surface area contributed by atoms with Crippen molar-refractivity contribution in [2.24, 2.45) is 0 Å². The molecule has 0 aromatic carbocycles. The molecule has 0 fully saturated rings. The topological polar surface area (TPSA) is 12.9 Å². The van der Waals surface area contributed by atoms with Crippen molar-refractivity contribution in [3.05, 3.63) is 27.1 Å². The highest BCUT2D eigenvalue weighted by molar-refractivity contribution is 14.1. The van der Waals surface area contributed by atoms with Gasteiger partial charge in [-0.2, -0.15) is 0 Å². The molecule has 0 amide bonds. The fraction of sp³-hybridized carbons (Fsp3) is 0.375. The van der Waals surface area contributed by atoms with E-state index in [0.717, 1.165) is 15.8 Å². The molecule has 0 N–H and O–H groups in total. The number of rotatable bonds is 1. The molecular formula is C8H10IN. The standard InChI is InChI=1S/C8H10IN/c1-3-7-4-5-8(9)10-6(7)2/h4-5H,3H2,1-2H3. The SMILES string of the molecule is CCc1ccc(I)nc1C. The maximum atomic E-state index is 4.33. The first-order valence-electron chi connectivity index (χ1n) is 3.36. The Labute approximate surface area is 75.0 Å². The first-order chi connectivity index (χ1) is 4.74. The summed E-state index contributed by atoms with van der Waals surface area (Å²) >= 11 is 2.23. The minimum atomic E-state index is 1.08. The van der Waals surface area contributed by atoms with Gasteiger partial charge in [0.1, 0.15) is 3.70 Å². The van der Waals surface area contributed by atoms with Crippen LogP contribution in [0.4, 0.5) is 0 Å². The second kappa shape index (κ2) is 3.32. The monoisotopic (exact) mass is 247 g/mol. The number of hydrogen-bond donors (Lipinski definition) is 0. The molecule has 1 rings (SSSR count). The van der Waals surface area contributed by atoms with E-state index in [1.54, 1.807) is 0 Å². The van der Waals surface area contributed by atoms with Gasteiger partial charge in [0.25, 0.3) is 0 Å². The second-order valence-electron chi connectivity index (χ2n) is 2.23. The van der Waals surface area contributed by atoms with Gasteiger partial charge in [-0.25, -0.2) is 4.98 Å². The van der Waals surface area contributed by atoms with Gasteiger partial charge in [0.05, 0.1) is 0 Å². The smallest absolute Gasteiger partial charge is 0.101 e. The molecule has 0 aliphatic rings. The zero-order valence-corrected chi connectivity index (χ0v) is 8.34. The summed E-state index contributed by atoms with van der Waals surface area (Å²) in [7, 11) is 0. The van der Waals surface area contributed by atoms with Crippen LogP contribution in [-0.4, -0.2) is 4.98 Å². The van der Waals surface area contributed by atoms with Crippen LogP contribution in [0.5, 0.6) is 0 Å². The first kappa shape index (κ1) is 7.98. The summed E-state index contributed by atoms with van der Waals surface area (Å²) in [5.41, 5.74) is 2.51. The largest absolute Gasteiger partial charge is 0.247 e. The third-order valence-electron chi connectivity index (χ3n) is 1.54. The summed E-state index contributed by atoms with van der Waals surface area (Å²) in [5.74, 6) is 0. The van der Waals surface area contributed by atoms with Gasteiger partial charge < -0.3 is 0 Å². The van der Waals surface area contributed by atoms with Crippen molar-refractivity contribution in [3.63, 3.8) is 0 Å². The van der Waals surface area contributed by atoms with E-state index < -0.39 is 0 Å². The van der Waals surface area contributed by atoms with Gasteiger partial charge in [-0.15, -0.1) is 0 Å². The molecule has 0 atom stereocenters. The molecule has 1 aromatic rings. The third kappa shape index (κ3) is 1.68. The van der Waals surface area contributed by atoms with Gasteiger partial charge in [-0.1, -0.05) is 13.0 Å². The molecule has 0 aliphatic heterocycles.